The van der Waals surface area contributed by atoms with Crippen molar-refractivity contribution in [1.82, 2.24) is 15.2 Å². The number of carbonyl (C=O) groups excluding carboxylic acids is 1. The van der Waals surface area contributed by atoms with Crippen LogP contribution in [-0.4, -0.2) is 68.9 Å². The van der Waals surface area contributed by atoms with E-state index in [0.717, 1.165) is 42.8 Å². The summed E-state index contributed by atoms with van der Waals surface area (Å²) in [6.45, 7) is 8.23. The molecule has 7 nitrogen and oxygen atoms in total. The van der Waals surface area contributed by atoms with E-state index in [2.05, 4.69) is 24.1 Å². The third-order valence-electron chi connectivity index (χ3n) is 6.40. The molecular formula is C27H33N3O4. The molecule has 180 valence electrons. The van der Waals surface area contributed by atoms with E-state index >= 15 is 0 Å². The summed E-state index contributed by atoms with van der Waals surface area (Å²) < 4.78 is 16.3. The Kier molecular flexibility index (Phi) is 7.65. The molecule has 2 aromatic carbocycles. The first-order chi connectivity index (χ1) is 16.5. The molecule has 4 rings (SSSR count). The number of methoxy groups -OCH3 is 2. The zero-order chi connectivity index (χ0) is 24.1. The molecule has 1 fully saturated rings. The van der Waals surface area contributed by atoms with Crippen molar-refractivity contribution in [1.29, 1.82) is 0 Å². The third kappa shape index (κ3) is 5.16. The van der Waals surface area contributed by atoms with Crippen LogP contribution < -0.4 is 14.8 Å². The zero-order valence-electron chi connectivity index (χ0n) is 20.3. The third-order valence-corrected chi connectivity index (χ3v) is 6.40. The second-order valence-corrected chi connectivity index (χ2v) is 8.81. The Balaban J connectivity index is 1.64. The summed E-state index contributed by atoms with van der Waals surface area (Å²) in [5, 5.41) is 4.03. The fourth-order valence-corrected chi connectivity index (χ4v) is 4.49. The highest BCUT2D eigenvalue weighted by atomic mass is 16.5. The highest BCUT2D eigenvalue weighted by Gasteiger charge is 2.25. The van der Waals surface area contributed by atoms with Crippen LogP contribution in [0.4, 0.5) is 0 Å². The number of hydrogen-bond donors (Lipinski definition) is 1. The number of nitrogens with one attached hydrogen (secondary N) is 1. The molecule has 0 aliphatic carbocycles. The van der Waals surface area contributed by atoms with Crippen molar-refractivity contribution in [3.05, 3.63) is 54.1 Å². The lowest BCUT2D eigenvalue weighted by Crippen LogP contribution is -2.51. The molecule has 1 unspecified atom stereocenters. The second-order valence-electron chi connectivity index (χ2n) is 8.81. The number of aromatic nitrogens is 1. The number of ether oxygens (including phenoxy) is 3. The molecule has 34 heavy (non-hydrogen) atoms. The van der Waals surface area contributed by atoms with Gasteiger partial charge in [-0.3, -0.25) is 9.69 Å². The van der Waals surface area contributed by atoms with Gasteiger partial charge in [0.15, 0.2) is 11.5 Å². The Bertz CT molecular complexity index is 1140. The first kappa shape index (κ1) is 24.0. The van der Waals surface area contributed by atoms with E-state index in [9.17, 15) is 4.79 Å². The first-order valence-electron chi connectivity index (χ1n) is 11.7. The van der Waals surface area contributed by atoms with Gasteiger partial charge in [-0.1, -0.05) is 32.0 Å². The van der Waals surface area contributed by atoms with Gasteiger partial charge in [-0.05, 0) is 36.2 Å². The van der Waals surface area contributed by atoms with Crippen LogP contribution in [0.15, 0.2) is 48.5 Å². The lowest BCUT2D eigenvalue weighted by atomic mass is 10.0. The van der Waals surface area contributed by atoms with Crippen LogP contribution in [0.25, 0.3) is 22.2 Å². The minimum Gasteiger partial charge on any atom is -0.493 e. The quantitative estimate of drug-likeness (QED) is 0.544. The number of nitrogens with zero attached hydrogens (tertiary/aromatic N) is 2. The van der Waals surface area contributed by atoms with E-state index in [1.807, 2.05) is 48.5 Å². The predicted octanol–water partition coefficient (Wildman–Crippen LogP) is 4.01. The number of pyridine rings is 1. The van der Waals surface area contributed by atoms with Crippen molar-refractivity contribution < 1.29 is 19.0 Å². The molecule has 2 heterocycles. The maximum atomic E-state index is 13.4. The summed E-state index contributed by atoms with van der Waals surface area (Å²) >= 11 is 0. The lowest BCUT2D eigenvalue weighted by molar-refractivity contribution is 0.00673. The molecule has 1 N–H and O–H groups in total. The Labute approximate surface area is 201 Å². The molecule has 0 spiro atoms. The summed E-state index contributed by atoms with van der Waals surface area (Å²) in [7, 11) is 3.21. The van der Waals surface area contributed by atoms with Crippen molar-refractivity contribution in [2.75, 3.05) is 47.1 Å². The number of rotatable bonds is 8. The Morgan fingerprint density at radius 1 is 1.06 bits per heavy atom. The largest absolute Gasteiger partial charge is 0.493 e. The van der Waals surface area contributed by atoms with Crippen molar-refractivity contribution in [3.8, 4) is 22.8 Å². The average Bonchev–Trinajstić information content (AvgIpc) is 2.88. The monoisotopic (exact) mass is 463 g/mol. The molecule has 0 radical (unpaired) electrons. The number of carbonyl (C=O) groups is 1. The number of benzene rings is 2. The standard InChI is InChI=1S/C27H33N3O4/c1-18(2)24(30-11-13-34-14-12-30)17-28-27(31)21-16-23(29-22-8-6-5-7-20(21)22)19-9-10-25(32-3)26(15-19)33-4/h5-10,15-16,18,24H,11-14,17H2,1-4H3,(H,28,31). The summed E-state index contributed by atoms with van der Waals surface area (Å²) in [4.78, 5) is 20.7. The van der Waals surface area contributed by atoms with Crippen LogP contribution in [0, 0.1) is 5.92 Å². The summed E-state index contributed by atoms with van der Waals surface area (Å²) in [5.41, 5.74) is 2.94. The van der Waals surface area contributed by atoms with Crippen LogP contribution in [0.5, 0.6) is 11.5 Å². The van der Waals surface area contributed by atoms with Gasteiger partial charge in [0.1, 0.15) is 0 Å². The molecule has 1 aromatic heterocycles. The Hall–Kier alpha value is -3.16. The molecule has 1 amide bonds. The van der Waals surface area contributed by atoms with Crippen molar-refractivity contribution in [2.24, 2.45) is 5.92 Å². The number of fused-ring (bicyclic) bond motifs is 1. The van der Waals surface area contributed by atoms with Crippen LogP contribution in [0.1, 0.15) is 24.2 Å². The fourth-order valence-electron chi connectivity index (χ4n) is 4.49. The minimum absolute atomic E-state index is 0.0979. The SMILES string of the molecule is COc1ccc(-c2cc(C(=O)NCC(C(C)C)N3CCOCC3)c3ccccc3n2)cc1OC. The molecule has 0 bridgehead atoms. The number of hydrogen-bond acceptors (Lipinski definition) is 6. The molecule has 0 saturated carbocycles. The average molecular weight is 464 g/mol. The molecule has 1 aliphatic heterocycles. The van der Waals surface area contributed by atoms with Crippen molar-refractivity contribution in [3.63, 3.8) is 0 Å². The van der Waals surface area contributed by atoms with E-state index in [1.165, 1.54) is 0 Å². The van der Waals surface area contributed by atoms with Gasteiger partial charge in [0.25, 0.3) is 5.91 Å². The molecule has 1 saturated heterocycles. The minimum atomic E-state index is -0.0979. The normalized spacial score (nSPS) is 15.3. The van der Waals surface area contributed by atoms with E-state index in [1.54, 1.807) is 14.2 Å². The number of amides is 1. The Morgan fingerprint density at radius 2 is 1.79 bits per heavy atom. The molecular weight excluding hydrogens is 430 g/mol. The summed E-state index contributed by atoms with van der Waals surface area (Å²) in [5.74, 6) is 1.58. The van der Waals surface area contributed by atoms with Crippen LogP contribution in [0.2, 0.25) is 0 Å². The van der Waals surface area contributed by atoms with Gasteiger partial charge in [0, 0.05) is 36.6 Å². The maximum Gasteiger partial charge on any atom is 0.252 e. The molecule has 1 atom stereocenters. The zero-order valence-corrected chi connectivity index (χ0v) is 20.3. The van der Waals surface area contributed by atoms with Gasteiger partial charge in [-0.25, -0.2) is 4.98 Å². The lowest BCUT2D eigenvalue weighted by Gasteiger charge is -2.37. The molecule has 7 heteroatoms. The van der Waals surface area contributed by atoms with E-state index < -0.39 is 0 Å². The first-order valence-corrected chi connectivity index (χ1v) is 11.7. The van der Waals surface area contributed by atoms with Crippen LogP contribution >= 0.6 is 0 Å². The highest BCUT2D eigenvalue weighted by molar-refractivity contribution is 6.07. The van der Waals surface area contributed by atoms with Gasteiger partial charge in [-0.2, -0.15) is 0 Å². The summed E-state index contributed by atoms with van der Waals surface area (Å²) in [6.07, 6.45) is 0. The van der Waals surface area contributed by atoms with E-state index in [0.29, 0.717) is 35.2 Å². The van der Waals surface area contributed by atoms with Gasteiger partial charge in [-0.15, -0.1) is 0 Å². The Morgan fingerprint density at radius 3 is 2.50 bits per heavy atom. The van der Waals surface area contributed by atoms with Gasteiger partial charge < -0.3 is 19.5 Å². The maximum absolute atomic E-state index is 13.4. The highest BCUT2D eigenvalue weighted by Crippen LogP contribution is 2.33. The van der Waals surface area contributed by atoms with Crippen LogP contribution in [0.3, 0.4) is 0 Å². The topological polar surface area (TPSA) is 72.9 Å². The summed E-state index contributed by atoms with van der Waals surface area (Å²) in [6, 6.07) is 15.5. The number of para-hydroxylation sites is 1. The van der Waals surface area contributed by atoms with Crippen LogP contribution in [-0.2, 0) is 4.74 Å². The molecule has 1 aliphatic rings. The van der Waals surface area contributed by atoms with Gasteiger partial charge in [0.05, 0.1) is 44.2 Å². The number of morpholine rings is 1. The second kappa shape index (κ2) is 10.8. The van der Waals surface area contributed by atoms with Gasteiger partial charge >= 0.3 is 0 Å². The predicted molar refractivity (Wildman–Crippen MR) is 134 cm³/mol. The smallest absolute Gasteiger partial charge is 0.252 e. The van der Waals surface area contributed by atoms with E-state index in [4.69, 9.17) is 19.2 Å². The van der Waals surface area contributed by atoms with Crippen molar-refractivity contribution in [2.45, 2.75) is 19.9 Å². The fraction of sp³-hybridized carbons (Fsp3) is 0.407. The molecule has 3 aromatic rings. The van der Waals surface area contributed by atoms with Gasteiger partial charge in [0.2, 0.25) is 0 Å². The van der Waals surface area contributed by atoms with Crippen molar-refractivity contribution >= 4 is 16.8 Å². The van der Waals surface area contributed by atoms with E-state index in [-0.39, 0.29) is 11.9 Å².